The molecule has 0 spiro atoms. The SMILES string of the molecule is Cc1cc(C(=O)O)cc(Sc2nc(=O)c(=O)[nH]n2C)n1. The van der Waals surface area contributed by atoms with Gasteiger partial charge in [0.25, 0.3) is 0 Å². The van der Waals surface area contributed by atoms with Crippen molar-refractivity contribution in [3.63, 3.8) is 0 Å². The van der Waals surface area contributed by atoms with Crippen molar-refractivity contribution in [2.75, 3.05) is 0 Å². The number of carboxylic acid groups (broad SMARTS) is 1. The maximum atomic E-state index is 11.2. The number of carbonyl (C=O) groups is 1. The summed E-state index contributed by atoms with van der Waals surface area (Å²) in [6, 6.07) is 2.81. The quantitative estimate of drug-likeness (QED) is 0.766. The van der Waals surface area contributed by atoms with Gasteiger partial charge >= 0.3 is 17.1 Å². The van der Waals surface area contributed by atoms with Crippen LogP contribution in [0, 0.1) is 6.92 Å². The number of aromatic carboxylic acids is 1. The highest BCUT2D eigenvalue weighted by atomic mass is 32.2. The molecule has 2 rings (SSSR count). The third kappa shape index (κ3) is 2.94. The van der Waals surface area contributed by atoms with E-state index in [4.69, 9.17) is 5.11 Å². The summed E-state index contributed by atoms with van der Waals surface area (Å²) in [5, 5.41) is 11.9. The summed E-state index contributed by atoms with van der Waals surface area (Å²) in [7, 11) is 1.52. The number of nitrogens with zero attached hydrogens (tertiary/aromatic N) is 3. The minimum atomic E-state index is -1.07. The highest BCUT2D eigenvalue weighted by Crippen LogP contribution is 2.23. The van der Waals surface area contributed by atoms with Crippen LogP contribution in [0.3, 0.4) is 0 Å². The Bertz CT molecular complexity index is 796. The fourth-order valence-electron chi connectivity index (χ4n) is 1.46. The van der Waals surface area contributed by atoms with Gasteiger partial charge in [-0.05, 0) is 30.8 Å². The van der Waals surface area contributed by atoms with Crippen molar-refractivity contribution in [1.29, 1.82) is 0 Å². The average Bonchev–Trinajstić information content (AvgIpc) is 2.35. The summed E-state index contributed by atoms with van der Waals surface area (Å²) >= 11 is 0.990. The van der Waals surface area contributed by atoms with Crippen molar-refractivity contribution < 1.29 is 9.90 Å². The molecule has 0 saturated heterocycles. The molecule has 2 heterocycles. The van der Waals surface area contributed by atoms with Crippen LogP contribution in [0.4, 0.5) is 0 Å². The van der Waals surface area contributed by atoms with Crippen LogP contribution in [-0.4, -0.2) is 30.8 Å². The molecule has 104 valence electrons. The molecule has 0 unspecified atom stereocenters. The summed E-state index contributed by atoms with van der Waals surface area (Å²) in [6.45, 7) is 1.66. The fourth-order valence-corrected chi connectivity index (χ4v) is 2.33. The van der Waals surface area contributed by atoms with Crippen molar-refractivity contribution in [2.24, 2.45) is 7.05 Å². The van der Waals surface area contributed by atoms with Crippen LogP contribution >= 0.6 is 11.8 Å². The van der Waals surface area contributed by atoms with Gasteiger partial charge in [-0.1, -0.05) is 0 Å². The Labute approximate surface area is 116 Å². The molecule has 2 aromatic rings. The van der Waals surface area contributed by atoms with E-state index in [2.05, 4.69) is 15.1 Å². The molecule has 0 aliphatic carbocycles. The Morgan fingerprint density at radius 3 is 2.70 bits per heavy atom. The number of rotatable bonds is 3. The molecule has 0 aromatic carbocycles. The predicted octanol–water partition coefficient (Wildman–Crippen LogP) is 0.0214. The highest BCUT2D eigenvalue weighted by Gasteiger charge is 2.11. The first kappa shape index (κ1) is 14.0. The molecule has 0 fully saturated rings. The molecule has 0 radical (unpaired) electrons. The fraction of sp³-hybridized carbons (Fsp3) is 0.182. The minimum absolute atomic E-state index is 0.0921. The number of H-pyrrole nitrogens is 1. The van der Waals surface area contributed by atoms with Gasteiger partial charge in [-0.25, -0.2) is 9.78 Å². The van der Waals surface area contributed by atoms with Crippen molar-refractivity contribution in [3.05, 3.63) is 44.1 Å². The molecule has 0 bridgehead atoms. The number of aromatic nitrogens is 4. The first-order valence-corrected chi connectivity index (χ1v) is 6.25. The van der Waals surface area contributed by atoms with E-state index in [1.54, 1.807) is 6.92 Å². The number of aryl methyl sites for hydroxylation is 2. The van der Waals surface area contributed by atoms with Crippen molar-refractivity contribution in [1.82, 2.24) is 19.7 Å². The third-order valence-corrected chi connectivity index (χ3v) is 3.29. The first-order valence-electron chi connectivity index (χ1n) is 5.44. The second-order valence-electron chi connectivity index (χ2n) is 3.94. The van der Waals surface area contributed by atoms with Gasteiger partial charge in [-0.3, -0.25) is 19.4 Å². The van der Waals surface area contributed by atoms with E-state index in [0.717, 1.165) is 11.8 Å². The summed E-state index contributed by atoms with van der Waals surface area (Å²) in [5.74, 6) is -1.07. The minimum Gasteiger partial charge on any atom is -0.478 e. The summed E-state index contributed by atoms with van der Waals surface area (Å²) < 4.78 is 1.28. The first-order chi connectivity index (χ1) is 9.36. The third-order valence-electron chi connectivity index (χ3n) is 2.32. The van der Waals surface area contributed by atoms with E-state index in [-0.39, 0.29) is 10.7 Å². The van der Waals surface area contributed by atoms with Crippen LogP contribution in [0.25, 0.3) is 0 Å². The van der Waals surface area contributed by atoms with Gasteiger partial charge in [0.1, 0.15) is 5.03 Å². The van der Waals surface area contributed by atoms with Crippen molar-refractivity contribution in [2.45, 2.75) is 17.1 Å². The van der Waals surface area contributed by atoms with Gasteiger partial charge in [0, 0.05) is 12.7 Å². The van der Waals surface area contributed by atoms with E-state index in [1.807, 2.05) is 0 Å². The van der Waals surface area contributed by atoms with Crippen molar-refractivity contribution >= 4 is 17.7 Å². The monoisotopic (exact) mass is 294 g/mol. The van der Waals surface area contributed by atoms with Gasteiger partial charge in [0.05, 0.1) is 5.56 Å². The van der Waals surface area contributed by atoms with E-state index in [0.29, 0.717) is 10.7 Å². The molecule has 2 N–H and O–H groups in total. The molecular weight excluding hydrogens is 284 g/mol. The van der Waals surface area contributed by atoms with Crippen LogP contribution in [0.5, 0.6) is 0 Å². The number of aromatic amines is 1. The van der Waals surface area contributed by atoms with E-state index >= 15 is 0 Å². The summed E-state index contributed by atoms with van der Waals surface area (Å²) in [4.78, 5) is 41.1. The average molecular weight is 294 g/mol. The Morgan fingerprint density at radius 2 is 2.05 bits per heavy atom. The lowest BCUT2D eigenvalue weighted by Crippen LogP contribution is -2.33. The smallest absolute Gasteiger partial charge is 0.339 e. The normalized spacial score (nSPS) is 10.5. The van der Waals surface area contributed by atoms with Crippen molar-refractivity contribution in [3.8, 4) is 0 Å². The molecule has 8 nitrogen and oxygen atoms in total. The molecule has 0 saturated carbocycles. The number of pyridine rings is 1. The Hall–Kier alpha value is -2.42. The number of hydrogen-bond donors (Lipinski definition) is 2. The van der Waals surface area contributed by atoms with Crippen LogP contribution in [0.15, 0.2) is 31.9 Å². The van der Waals surface area contributed by atoms with E-state index in [9.17, 15) is 14.4 Å². The second kappa shape index (κ2) is 5.29. The molecule has 0 aliphatic heterocycles. The molecule has 2 aromatic heterocycles. The van der Waals surface area contributed by atoms with Crippen LogP contribution in [0.1, 0.15) is 16.1 Å². The van der Waals surface area contributed by atoms with Gasteiger partial charge in [0.15, 0.2) is 5.16 Å². The van der Waals surface area contributed by atoms with Crippen LogP contribution < -0.4 is 11.1 Å². The summed E-state index contributed by atoms with van der Waals surface area (Å²) in [5.41, 5.74) is -1.10. The lowest BCUT2D eigenvalue weighted by Gasteiger charge is -2.06. The zero-order valence-electron chi connectivity index (χ0n) is 10.6. The maximum Gasteiger partial charge on any atom is 0.339 e. The molecule has 0 aliphatic rings. The van der Waals surface area contributed by atoms with Gasteiger partial charge in [-0.2, -0.15) is 4.98 Å². The second-order valence-corrected chi connectivity index (χ2v) is 4.93. The number of hydrogen-bond acceptors (Lipinski definition) is 6. The number of nitrogens with one attached hydrogen (secondary N) is 1. The lowest BCUT2D eigenvalue weighted by atomic mass is 10.2. The Morgan fingerprint density at radius 1 is 1.35 bits per heavy atom. The molecule has 0 atom stereocenters. The van der Waals surface area contributed by atoms with Gasteiger partial charge < -0.3 is 5.11 Å². The summed E-state index contributed by atoms with van der Waals surface area (Å²) in [6.07, 6.45) is 0. The molecular formula is C11H10N4O4S. The van der Waals surface area contributed by atoms with Gasteiger partial charge in [0.2, 0.25) is 0 Å². The lowest BCUT2D eigenvalue weighted by molar-refractivity contribution is 0.0696. The molecule has 20 heavy (non-hydrogen) atoms. The Balaban J connectivity index is 2.45. The standard InChI is InChI=1S/C11H10N4O4S/c1-5-3-6(10(18)19)4-7(12-5)20-11-13-8(16)9(17)14-15(11)2/h3-4H,1-2H3,(H,14,17)(H,18,19). The van der Waals surface area contributed by atoms with E-state index < -0.39 is 17.1 Å². The molecule has 0 amide bonds. The van der Waals surface area contributed by atoms with Crippen LogP contribution in [0.2, 0.25) is 0 Å². The zero-order chi connectivity index (χ0) is 14.9. The topological polar surface area (TPSA) is 118 Å². The molecule has 9 heteroatoms. The van der Waals surface area contributed by atoms with Crippen LogP contribution in [-0.2, 0) is 7.05 Å². The maximum absolute atomic E-state index is 11.2. The highest BCUT2D eigenvalue weighted by molar-refractivity contribution is 7.99. The van der Waals surface area contributed by atoms with E-state index in [1.165, 1.54) is 23.9 Å². The zero-order valence-corrected chi connectivity index (χ0v) is 11.4. The largest absolute Gasteiger partial charge is 0.478 e. The van der Waals surface area contributed by atoms with Gasteiger partial charge in [-0.15, -0.1) is 0 Å². The number of carboxylic acids is 1. The Kier molecular flexibility index (Phi) is 3.70. The predicted molar refractivity (Wildman–Crippen MR) is 70.2 cm³/mol.